The maximum atomic E-state index is 14.1. The summed E-state index contributed by atoms with van der Waals surface area (Å²) in [6.45, 7) is 8.64. The molecule has 1 heterocycles. The topological polar surface area (TPSA) is 134 Å². The third kappa shape index (κ3) is 11.3. The van der Waals surface area contributed by atoms with Crippen molar-refractivity contribution in [3.63, 3.8) is 0 Å². The zero-order valence-corrected chi connectivity index (χ0v) is 23.3. The second-order valence-corrected chi connectivity index (χ2v) is 8.40. The molecule has 0 bridgehead atoms. The van der Waals surface area contributed by atoms with E-state index >= 15 is 0 Å². The number of nitrogens with one attached hydrogen (secondary N) is 3. The monoisotopic (exact) mass is 577 g/mol. The number of unbranched alkanes of at least 4 members (excludes halogenated alkanes) is 1. The SMILES string of the molecule is C=CC.CC.CCCCC(=O)NCC(=O)NC(CC1CCNC1=O)C(=O)COc1c(F)c(F)c(CO)c(F)c1F. The summed E-state index contributed by atoms with van der Waals surface area (Å²) in [5.74, 6) is -12.2. The van der Waals surface area contributed by atoms with E-state index in [4.69, 9.17) is 9.84 Å². The van der Waals surface area contributed by atoms with Gasteiger partial charge in [-0.2, -0.15) is 8.78 Å². The maximum Gasteiger partial charge on any atom is 0.239 e. The van der Waals surface area contributed by atoms with Crippen LogP contribution in [0.1, 0.15) is 65.4 Å². The summed E-state index contributed by atoms with van der Waals surface area (Å²) in [6, 6.07) is -1.35. The fourth-order valence-corrected chi connectivity index (χ4v) is 3.44. The number of aliphatic hydroxyl groups is 1. The lowest BCUT2D eigenvalue weighted by Gasteiger charge is -2.21. The van der Waals surface area contributed by atoms with E-state index in [1.807, 2.05) is 27.7 Å². The van der Waals surface area contributed by atoms with Gasteiger partial charge in [-0.05, 0) is 26.2 Å². The number of Topliss-reactive ketones (excluding diaryl/α,β-unsaturated/α-hetero) is 1. The van der Waals surface area contributed by atoms with Crippen molar-refractivity contribution in [1.82, 2.24) is 16.0 Å². The minimum absolute atomic E-state index is 0.166. The molecule has 0 saturated carbocycles. The van der Waals surface area contributed by atoms with Crippen molar-refractivity contribution >= 4 is 23.5 Å². The summed E-state index contributed by atoms with van der Waals surface area (Å²) in [6.07, 6.45) is 3.56. The minimum Gasteiger partial charge on any atom is -0.479 e. The molecule has 1 aromatic carbocycles. The standard InChI is InChI=1S/C22H27F4N3O6.C3H6.C2H6/c1-2-3-4-15(32)28-8-16(33)29-13(7-11-5-6-27-22(11)34)14(31)10-35-21-19(25)17(23)12(9-30)18(24)20(21)26;1-3-2;1-2/h11,13,30H,2-10H2,1H3,(H,27,34)(H,28,32)(H,29,33);3H,1H2,2H3;1-2H3. The summed E-state index contributed by atoms with van der Waals surface area (Å²) in [5, 5.41) is 16.2. The van der Waals surface area contributed by atoms with E-state index in [9.17, 15) is 36.7 Å². The van der Waals surface area contributed by atoms with Crippen molar-refractivity contribution in [3.05, 3.63) is 41.5 Å². The maximum absolute atomic E-state index is 14.1. The Balaban J connectivity index is 0.00000284. The molecule has 1 fully saturated rings. The molecule has 2 rings (SSSR count). The number of hydrogen-bond acceptors (Lipinski definition) is 6. The van der Waals surface area contributed by atoms with Crippen LogP contribution in [0.4, 0.5) is 17.6 Å². The van der Waals surface area contributed by atoms with Gasteiger partial charge in [0, 0.05) is 18.9 Å². The first-order valence-electron chi connectivity index (χ1n) is 13.0. The van der Waals surface area contributed by atoms with Gasteiger partial charge in [-0.25, -0.2) is 8.78 Å². The molecule has 0 radical (unpaired) electrons. The van der Waals surface area contributed by atoms with Crippen LogP contribution in [0.5, 0.6) is 5.75 Å². The average Bonchev–Trinajstić information content (AvgIpc) is 3.35. The highest BCUT2D eigenvalue weighted by atomic mass is 19.2. The molecule has 40 heavy (non-hydrogen) atoms. The van der Waals surface area contributed by atoms with E-state index < -0.39 is 78.0 Å². The first-order valence-corrected chi connectivity index (χ1v) is 13.0. The fourth-order valence-electron chi connectivity index (χ4n) is 3.44. The Morgan fingerprint density at radius 2 is 1.70 bits per heavy atom. The molecular weight excluding hydrogens is 538 g/mol. The number of carbonyl (C=O) groups is 4. The number of ether oxygens (including phenoxy) is 1. The number of aliphatic hydroxyl groups excluding tert-OH is 1. The minimum atomic E-state index is -1.94. The first kappa shape index (κ1) is 36.5. The number of amides is 3. The highest BCUT2D eigenvalue weighted by Gasteiger charge is 2.32. The summed E-state index contributed by atoms with van der Waals surface area (Å²) in [5.41, 5.74) is -1.24. The number of hydrogen-bond donors (Lipinski definition) is 4. The molecule has 13 heteroatoms. The van der Waals surface area contributed by atoms with Gasteiger partial charge in [-0.15, -0.1) is 6.58 Å². The number of carbonyl (C=O) groups excluding carboxylic acids is 4. The van der Waals surface area contributed by atoms with Gasteiger partial charge in [-0.3, -0.25) is 19.2 Å². The van der Waals surface area contributed by atoms with Crippen molar-refractivity contribution < 1.29 is 46.6 Å². The Labute approximate surface area is 231 Å². The molecule has 2 unspecified atom stereocenters. The quantitative estimate of drug-likeness (QED) is 0.162. The highest BCUT2D eigenvalue weighted by Crippen LogP contribution is 2.30. The van der Waals surface area contributed by atoms with Crippen LogP contribution in [-0.2, 0) is 25.8 Å². The second kappa shape index (κ2) is 19.6. The zero-order valence-electron chi connectivity index (χ0n) is 23.3. The van der Waals surface area contributed by atoms with Crippen molar-refractivity contribution in [1.29, 1.82) is 0 Å². The van der Waals surface area contributed by atoms with E-state index in [2.05, 4.69) is 22.5 Å². The number of halogens is 4. The zero-order chi connectivity index (χ0) is 30.8. The summed E-state index contributed by atoms with van der Waals surface area (Å²) < 4.78 is 60.6. The third-order valence-electron chi connectivity index (χ3n) is 5.44. The summed E-state index contributed by atoms with van der Waals surface area (Å²) in [7, 11) is 0. The predicted octanol–water partition coefficient (Wildman–Crippen LogP) is 3.22. The molecule has 0 aliphatic carbocycles. The normalized spacial score (nSPS) is 14.4. The van der Waals surface area contributed by atoms with E-state index in [0.29, 0.717) is 19.4 Å². The number of rotatable bonds is 13. The molecule has 1 aromatic rings. The second-order valence-electron chi connectivity index (χ2n) is 8.40. The van der Waals surface area contributed by atoms with Crippen molar-refractivity contribution in [3.8, 4) is 5.75 Å². The van der Waals surface area contributed by atoms with E-state index in [1.165, 1.54) is 0 Å². The Hall–Kier alpha value is -3.48. The Morgan fingerprint density at radius 3 is 2.17 bits per heavy atom. The largest absolute Gasteiger partial charge is 0.479 e. The van der Waals surface area contributed by atoms with E-state index in [-0.39, 0.29) is 24.7 Å². The molecule has 0 spiro atoms. The summed E-state index contributed by atoms with van der Waals surface area (Å²) in [4.78, 5) is 48.6. The van der Waals surface area contributed by atoms with Gasteiger partial charge in [0.25, 0.3) is 0 Å². The van der Waals surface area contributed by atoms with Crippen LogP contribution < -0.4 is 20.7 Å². The highest BCUT2D eigenvalue weighted by molar-refractivity contribution is 5.92. The van der Waals surface area contributed by atoms with E-state index in [1.54, 1.807) is 6.08 Å². The van der Waals surface area contributed by atoms with Gasteiger partial charge in [0.05, 0.1) is 24.8 Å². The smallest absolute Gasteiger partial charge is 0.239 e. The molecule has 226 valence electrons. The molecule has 1 aliphatic heterocycles. The lowest BCUT2D eigenvalue weighted by molar-refractivity contribution is -0.130. The van der Waals surface area contributed by atoms with Gasteiger partial charge in [0.2, 0.25) is 29.4 Å². The number of benzene rings is 1. The lowest BCUT2D eigenvalue weighted by Crippen LogP contribution is -2.48. The number of ketones is 1. The molecule has 2 atom stereocenters. The molecule has 4 N–H and O–H groups in total. The van der Waals surface area contributed by atoms with Crippen LogP contribution in [0.2, 0.25) is 0 Å². The summed E-state index contributed by atoms with van der Waals surface area (Å²) >= 11 is 0. The van der Waals surface area contributed by atoms with Gasteiger partial charge in [-0.1, -0.05) is 33.3 Å². The molecule has 1 aliphatic rings. The average molecular weight is 578 g/mol. The molecule has 9 nitrogen and oxygen atoms in total. The predicted molar refractivity (Wildman–Crippen MR) is 140 cm³/mol. The van der Waals surface area contributed by atoms with Crippen LogP contribution in [0.15, 0.2) is 12.7 Å². The van der Waals surface area contributed by atoms with Crippen LogP contribution >= 0.6 is 0 Å². The molecular formula is C27H39F4N3O6. The van der Waals surface area contributed by atoms with Gasteiger partial charge < -0.3 is 25.8 Å². The fraction of sp³-hybridized carbons (Fsp3) is 0.556. The van der Waals surface area contributed by atoms with Gasteiger partial charge >= 0.3 is 0 Å². The van der Waals surface area contributed by atoms with Crippen LogP contribution in [0.25, 0.3) is 0 Å². The van der Waals surface area contributed by atoms with Crippen molar-refractivity contribution in [2.45, 2.75) is 72.4 Å². The Morgan fingerprint density at radius 1 is 1.12 bits per heavy atom. The molecule has 1 saturated heterocycles. The van der Waals surface area contributed by atoms with Crippen molar-refractivity contribution in [2.24, 2.45) is 5.92 Å². The van der Waals surface area contributed by atoms with Crippen LogP contribution in [0, 0.1) is 29.2 Å². The number of allylic oxidation sites excluding steroid dienone is 1. The Kier molecular flexibility index (Phi) is 17.9. The third-order valence-corrected chi connectivity index (χ3v) is 5.44. The van der Waals surface area contributed by atoms with E-state index in [0.717, 1.165) is 6.42 Å². The van der Waals surface area contributed by atoms with Crippen molar-refractivity contribution in [2.75, 3.05) is 19.7 Å². The van der Waals surface area contributed by atoms with Crippen LogP contribution in [-0.4, -0.2) is 54.3 Å². The van der Waals surface area contributed by atoms with Gasteiger partial charge in [0.15, 0.2) is 23.2 Å². The Bertz CT molecular complexity index is 993. The van der Waals surface area contributed by atoms with Crippen LogP contribution in [0.3, 0.4) is 0 Å². The molecule has 3 amide bonds. The lowest BCUT2D eigenvalue weighted by atomic mass is 9.96. The molecule has 0 aromatic heterocycles. The first-order chi connectivity index (χ1) is 19.0. The van der Waals surface area contributed by atoms with Gasteiger partial charge in [0.1, 0.15) is 6.61 Å².